The van der Waals surface area contributed by atoms with Gasteiger partial charge in [0.2, 0.25) is 0 Å². The lowest BCUT2D eigenvalue weighted by atomic mass is 9.97. The summed E-state index contributed by atoms with van der Waals surface area (Å²) in [6, 6.07) is 9.83. The number of methoxy groups -OCH3 is 1. The van der Waals surface area contributed by atoms with Crippen molar-refractivity contribution in [1.29, 1.82) is 0 Å². The Morgan fingerprint density at radius 1 is 1.35 bits per heavy atom. The molecule has 1 saturated heterocycles. The van der Waals surface area contributed by atoms with Gasteiger partial charge in [0.05, 0.1) is 19.2 Å². The van der Waals surface area contributed by atoms with Crippen LogP contribution in [-0.4, -0.2) is 46.2 Å². The lowest BCUT2D eigenvalue weighted by molar-refractivity contribution is 0.0692. The average Bonchev–Trinajstić information content (AvgIpc) is 3.47. The van der Waals surface area contributed by atoms with Crippen molar-refractivity contribution in [3.05, 3.63) is 65.1 Å². The molecular formula is C24H30N4O3. The number of piperidine rings is 1. The fourth-order valence-electron chi connectivity index (χ4n) is 4.07. The molecule has 0 saturated carbocycles. The van der Waals surface area contributed by atoms with Gasteiger partial charge in [0.25, 0.3) is 5.91 Å². The largest absolute Gasteiger partial charge is 0.497 e. The van der Waals surface area contributed by atoms with Gasteiger partial charge in [-0.2, -0.15) is 5.10 Å². The first-order valence-electron chi connectivity index (χ1n) is 11.1. The number of aromatic nitrogens is 3. The van der Waals surface area contributed by atoms with Crippen molar-refractivity contribution >= 4 is 5.91 Å². The van der Waals surface area contributed by atoms with Crippen LogP contribution in [0.2, 0.25) is 0 Å². The smallest absolute Gasteiger partial charge is 0.274 e. The quantitative estimate of drug-likeness (QED) is 0.583. The minimum absolute atomic E-state index is 0.0214. The number of likely N-dealkylation sites (tertiary alicyclic amines) is 1. The van der Waals surface area contributed by atoms with E-state index in [1.165, 1.54) is 0 Å². The van der Waals surface area contributed by atoms with Crippen molar-refractivity contribution in [1.82, 2.24) is 20.1 Å². The van der Waals surface area contributed by atoms with E-state index in [1.807, 2.05) is 35.2 Å². The van der Waals surface area contributed by atoms with Gasteiger partial charge in [-0.3, -0.25) is 9.89 Å². The predicted molar refractivity (Wildman–Crippen MR) is 117 cm³/mol. The molecule has 0 aliphatic carbocycles. The van der Waals surface area contributed by atoms with Crippen molar-refractivity contribution in [2.45, 2.75) is 51.4 Å². The van der Waals surface area contributed by atoms with Crippen LogP contribution in [0.3, 0.4) is 0 Å². The number of nitrogens with one attached hydrogen (secondary N) is 1. The van der Waals surface area contributed by atoms with E-state index >= 15 is 0 Å². The number of benzene rings is 1. The van der Waals surface area contributed by atoms with Crippen molar-refractivity contribution in [2.24, 2.45) is 0 Å². The number of unbranched alkanes of at least 4 members (excludes halogenated alkanes) is 1. The van der Waals surface area contributed by atoms with E-state index in [4.69, 9.17) is 9.15 Å². The molecule has 1 amide bonds. The lowest BCUT2D eigenvalue weighted by Gasteiger charge is -2.30. The van der Waals surface area contributed by atoms with Crippen molar-refractivity contribution in [3.8, 4) is 5.75 Å². The Morgan fingerprint density at radius 3 is 3.10 bits per heavy atom. The third-order valence-corrected chi connectivity index (χ3v) is 5.79. The summed E-state index contributed by atoms with van der Waals surface area (Å²) in [5.41, 5.74) is 2.63. The second kappa shape index (κ2) is 9.81. The molecule has 1 fully saturated rings. The van der Waals surface area contributed by atoms with Gasteiger partial charge in [0.1, 0.15) is 17.2 Å². The summed E-state index contributed by atoms with van der Waals surface area (Å²) >= 11 is 0. The molecule has 7 heteroatoms. The molecule has 3 heterocycles. The number of rotatable bonds is 8. The number of aromatic amines is 1. The molecule has 0 spiro atoms. The minimum atomic E-state index is -0.0214. The van der Waals surface area contributed by atoms with Crippen LogP contribution >= 0.6 is 0 Å². The Bertz CT molecular complexity index is 1010. The van der Waals surface area contributed by atoms with Crippen molar-refractivity contribution < 1.29 is 13.9 Å². The number of hydrogen-bond acceptors (Lipinski definition) is 5. The Hall–Kier alpha value is -3.09. The van der Waals surface area contributed by atoms with Crippen LogP contribution in [0.5, 0.6) is 5.75 Å². The van der Waals surface area contributed by atoms with Crippen LogP contribution in [0.15, 0.2) is 40.9 Å². The Kier molecular flexibility index (Phi) is 6.70. The van der Waals surface area contributed by atoms with Gasteiger partial charge in [-0.05, 0) is 49.4 Å². The maximum atomic E-state index is 13.0. The molecule has 7 nitrogen and oxygen atoms in total. The summed E-state index contributed by atoms with van der Waals surface area (Å²) in [4.78, 5) is 19.4. The van der Waals surface area contributed by atoms with E-state index in [9.17, 15) is 4.79 Å². The zero-order valence-corrected chi connectivity index (χ0v) is 18.3. The zero-order chi connectivity index (χ0) is 21.6. The molecule has 0 unspecified atom stereocenters. The number of carbonyl (C=O) groups excluding carboxylic acids is 1. The van der Waals surface area contributed by atoms with Gasteiger partial charge in [0.15, 0.2) is 5.89 Å². The number of amides is 1. The number of H-pyrrole nitrogens is 1. The van der Waals surface area contributed by atoms with Gasteiger partial charge in [-0.15, -0.1) is 0 Å². The van der Waals surface area contributed by atoms with E-state index in [2.05, 4.69) is 22.1 Å². The summed E-state index contributed by atoms with van der Waals surface area (Å²) in [5.74, 6) is 2.44. The zero-order valence-electron chi connectivity index (χ0n) is 18.3. The third kappa shape index (κ3) is 5.16. The van der Waals surface area contributed by atoms with Crippen LogP contribution in [0.25, 0.3) is 0 Å². The highest BCUT2D eigenvalue weighted by Gasteiger charge is 2.29. The van der Waals surface area contributed by atoms with E-state index in [-0.39, 0.29) is 11.8 Å². The highest BCUT2D eigenvalue weighted by atomic mass is 16.5. The van der Waals surface area contributed by atoms with E-state index in [0.29, 0.717) is 24.6 Å². The molecule has 0 bridgehead atoms. The van der Waals surface area contributed by atoms with Crippen LogP contribution in [0, 0.1) is 0 Å². The molecular weight excluding hydrogens is 392 g/mol. The van der Waals surface area contributed by atoms with Crippen molar-refractivity contribution in [3.63, 3.8) is 0 Å². The molecule has 1 aliphatic heterocycles. The monoisotopic (exact) mass is 422 g/mol. The van der Waals surface area contributed by atoms with Gasteiger partial charge < -0.3 is 14.1 Å². The van der Waals surface area contributed by atoms with Gasteiger partial charge >= 0.3 is 0 Å². The van der Waals surface area contributed by atoms with E-state index in [1.54, 1.807) is 13.3 Å². The summed E-state index contributed by atoms with van der Waals surface area (Å²) in [7, 11) is 1.66. The number of nitrogens with zero attached hydrogens (tertiary/aromatic N) is 3. The Morgan fingerprint density at radius 2 is 2.26 bits per heavy atom. The molecule has 1 aromatic carbocycles. The number of carbonyl (C=O) groups is 1. The number of hydrogen-bond donors (Lipinski definition) is 1. The number of oxazole rings is 1. The highest BCUT2D eigenvalue weighted by Crippen LogP contribution is 2.28. The molecule has 3 aromatic rings. The molecule has 164 valence electrons. The lowest BCUT2D eigenvalue weighted by Crippen LogP contribution is -2.39. The fourth-order valence-corrected chi connectivity index (χ4v) is 4.07. The fraction of sp³-hybridized carbons (Fsp3) is 0.458. The third-order valence-electron chi connectivity index (χ3n) is 5.79. The van der Waals surface area contributed by atoms with Crippen LogP contribution < -0.4 is 4.74 Å². The summed E-state index contributed by atoms with van der Waals surface area (Å²) in [5, 5.41) is 7.24. The standard InChI is InChI=1S/C24H30N4O3/c1-3-4-9-19-14-22(27-26-19)24(29)28-11-6-8-18(16-28)23-25-15-21(31-23)13-17-7-5-10-20(12-17)30-2/h5,7,10,12,14-15,18H,3-4,6,8-9,11,13,16H2,1-2H3,(H,26,27)/t18-/m0/s1. The SMILES string of the molecule is CCCCc1cc(C(=O)N2CCC[C@H](c3ncc(Cc4cccc(OC)c4)o3)C2)n[nH]1. The Balaban J connectivity index is 1.39. The maximum absolute atomic E-state index is 13.0. The molecule has 1 aliphatic rings. The first kappa shape index (κ1) is 21.2. The summed E-state index contributed by atoms with van der Waals surface area (Å²) < 4.78 is 11.4. The van der Waals surface area contributed by atoms with Gasteiger partial charge in [-0.1, -0.05) is 25.5 Å². The average molecular weight is 423 g/mol. The summed E-state index contributed by atoms with van der Waals surface area (Å²) in [6.45, 7) is 3.50. The van der Waals surface area contributed by atoms with Crippen LogP contribution in [0.4, 0.5) is 0 Å². The van der Waals surface area contributed by atoms with Crippen LogP contribution in [0.1, 0.15) is 71.9 Å². The second-order valence-electron chi connectivity index (χ2n) is 8.17. The number of ether oxygens (including phenoxy) is 1. The molecule has 2 aromatic heterocycles. The van der Waals surface area contributed by atoms with Gasteiger partial charge in [-0.25, -0.2) is 4.98 Å². The predicted octanol–water partition coefficient (Wildman–Crippen LogP) is 4.36. The first-order chi connectivity index (χ1) is 15.2. The molecule has 4 rings (SSSR count). The van der Waals surface area contributed by atoms with Crippen LogP contribution in [-0.2, 0) is 12.8 Å². The normalized spacial score (nSPS) is 16.5. The molecule has 1 N–H and O–H groups in total. The number of aryl methyl sites for hydroxylation is 1. The Labute approximate surface area is 182 Å². The highest BCUT2D eigenvalue weighted by molar-refractivity contribution is 5.92. The molecule has 0 radical (unpaired) electrons. The molecule has 1 atom stereocenters. The summed E-state index contributed by atoms with van der Waals surface area (Å²) in [6.07, 6.45) is 7.47. The van der Waals surface area contributed by atoms with E-state index in [0.717, 1.165) is 61.4 Å². The van der Waals surface area contributed by atoms with E-state index < -0.39 is 0 Å². The topological polar surface area (TPSA) is 84.2 Å². The minimum Gasteiger partial charge on any atom is -0.497 e. The van der Waals surface area contributed by atoms with Gasteiger partial charge in [0, 0.05) is 25.2 Å². The van der Waals surface area contributed by atoms with Crippen molar-refractivity contribution in [2.75, 3.05) is 20.2 Å². The maximum Gasteiger partial charge on any atom is 0.274 e. The molecule has 31 heavy (non-hydrogen) atoms. The first-order valence-corrected chi connectivity index (χ1v) is 11.1. The second-order valence-corrected chi connectivity index (χ2v) is 8.17.